The average molecular weight is 268 g/mol. The summed E-state index contributed by atoms with van der Waals surface area (Å²) in [4.78, 5) is 34.7. The van der Waals surface area contributed by atoms with Crippen LogP contribution in [0.3, 0.4) is 0 Å². The Morgan fingerprint density at radius 2 is 2.11 bits per heavy atom. The van der Waals surface area contributed by atoms with Crippen molar-refractivity contribution in [2.24, 2.45) is 0 Å². The molecule has 0 spiro atoms. The fraction of sp³-hybridized carbons (Fsp3) is 0. The number of fused-ring (bicyclic) bond motifs is 1. The Labute approximate surface area is 101 Å². The second kappa shape index (κ2) is 4.38. The number of nitrogens with one attached hydrogen (secondary N) is 1. The van der Waals surface area contributed by atoms with Crippen molar-refractivity contribution >= 4 is 30.7 Å². The number of hydrogen-bond donors (Lipinski definition) is 4. The van der Waals surface area contributed by atoms with E-state index in [1.807, 2.05) is 0 Å². The summed E-state index contributed by atoms with van der Waals surface area (Å²) >= 11 is 0. The van der Waals surface area contributed by atoms with E-state index in [0.717, 1.165) is 5.82 Å². The van der Waals surface area contributed by atoms with E-state index in [9.17, 15) is 9.36 Å². The van der Waals surface area contributed by atoms with Crippen LogP contribution in [0.25, 0.3) is 17.1 Å². The molecule has 0 aliphatic heterocycles. The third-order valence-electron chi connectivity index (χ3n) is 2.19. The molecule has 7 nitrogen and oxygen atoms in total. The summed E-state index contributed by atoms with van der Waals surface area (Å²) in [6.45, 7) is 0. The van der Waals surface area contributed by atoms with Gasteiger partial charge in [-0.15, -0.1) is 0 Å². The molecule has 2 rings (SSSR count). The van der Waals surface area contributed by atoms with Crippen molar-refractivity contribution in [3.05, 3.63) is 35.4 Å². The number of aromatic nitrogens is 2. The van der Waals surface area contributed by atoms with E-state index in [1.54, 1.807) is 18.2 Å². The molecule has 0 atom stereocenters. The Bertz CT molecular complexity index is 685. The zero-order valence-electron chi connectivity index (χ0n) is 8.94. The standard InChI is InChI=1S/C10H9N2O5P/c13-10(14)9-11-7-3-1-2-6(8(7)12-9)4-5-18(15,16)17/h1-5H,(H,11,12)(H,13,14)(H2,15,16,17)/b5-4+. The number of rotatable bonds is 3. The molecule has 1 heterocycles. The minimum atomic E-state index is -4.26. The number of hydrogen-bond acceptors (Lipinski definition) is 3. The van der Waals surface area contributed by atoms with E-state index < -0.39 is 13.6 Å². The summed E-state index contributed by atoms with van der Waals surface area (Å²) in [6, 6.07) is 4.84. The normalized spacial score (nSPS) is 12.3. The van der Waals surface area contributed by atoms with E-state index in [-0.39, 0.29) is 5.82 Å². The molecule has 1 aromatic heterocycles. The van der Waals surface area contributed by atoms with Gasteiger partial charge in [-0.2, -0.15) is 0 Å². The van der Waals surface area contributed by atoms with Crippen molar-refractivity contribution in [1.82, 2.24) is 9.97 Å². The quantitative estimate of drug-likeness (QED) is 0.624. The van der Waals surface area contributed by atoms with E-state index in [2.05, 4.69) is 9.97 Å². The lowest BCUT2D eigenvalue weighted by molar-refractivity contribution is 0.0685. The molecule has 0 saturated carbocycles. The summed E-state index contributed by atoms with van der Waals surface area (Å²) in [5, 5.41) is 8.80. The zero-order chi connectivity index (χ0) is 13.3. The first-order valence-corrected chi connectivity index (χ1v) is 6.51. The van der Waals surface area contributed by atoms with Crippen LogP contribution < -0.4 is 0 Å². The third kappa shape index (κ3) is 2.65. The van der Waals surface area contributed by atoms with Gasteiger partial charge in [0.05, 0.1) is 11.0 Å². The van der Waals surface area contributed by atoms with Crippen molar-refractivity contribution < 1.29 is 24.3 Å². The predicted molar refractivity (Wildman–Crippen MR) is 64.1 cm³/mol. The lowest BCUT2D eigenvalue weighted by Gasteiger charge is -1.96. The van der Waals surface area contributed by atoms with Crippen molar-refractivity contribution in [3.8, 4) is 0 Å². The van der Waals surface area contributed by atoms with Gasteiger partial charge in [0.2, 0.25) is 5.82 Å². The Morgan fingerprint density at radius 3 is 2.72 bits per heavy atom. The lowest BCUT2D eigenvalue weighted by atomic mass is 10.2. The van der Waals surface area contributed by atoms with Crippen LogP contribution in [-0.4, -0.2) is 30.8 Å². The average Bonchev–Trinajstić information content (AvgIpc) is 2.69. The van der Waals surface area contributed by atoms with Gasteiger partial charge in [-0.25, -0.2) is 9.78 Å². The van der Waals surface area contributed by atoms with Gasteiger partial charge in [-0.3, -0.25) is 4.57 Å². The third-order valence-corrected chi connectivity index (χ3v) is 2.73. The maximum absolute atomic E-state index is 10.8. The van der Waals surface area contributed by atoms with Crippen LogP contribution in [0, 0.1) is 0 Å². The van der Waals surface area contributed by atoms with Gasteiger partial charge < -0.3 is 19.9 Å². The van der Waals surface area contributed by atoms with Gasteiger partial charge in [-0.05, 0) is 12.1 Å². The molecule has 94 valence electrons. The Kier molecular flexibility index (Phi) is 3.04. The fourth-order valence-corrected chi connectivity index (χ4v) is 1.82. The van der Waals surface area contributed by atoms with E-state index in [1.165, 1.54) is 6.08 Å². The smallest absolute Gasteiger partial charge is 0.371 e. The highest BCUT2D eigenvalue weighted by atomic mass is 31.2. The van der Waals surface area contributed by atoms with Crippen molar-refractivity contribution in [3.63, 3.8) is 0 Å². The molecule has 0 aliphatic rings. The van der Waals surface area contributed by atoms with Crippen molar-refractivity contribution in [2.75, 3.05) is 0 Å². The highest BCUT2D eigenvalue weighted by Gasteiger charge is 2.12. The molecule has 0 saturated heterocycles. The monoisotopic (exact) mass is 268 g/mol. The first kappa shape index (κ1) is 12.5. The molecular weight excluding hydrogens is 259 g/mol. The predicted octanol–water partition coefficient (Wildman–Crippen LogP) is 1.41. The van der Waals surface area contributed by atoms with Crippen LogP contribution >= 0.6 is 7.60 Å². The molecule has 4 N–H and O–H groups in total. The number of aromatic carboxylic acids is 1. The Balaban J connectivity index is 2.55. The lowest BCUT2D eigenvalue weighted by Crippen LogP contribution is -1.97. The molecule has 8 heteroatoms. The topological polar surface area (TPSA) is 124 Å². The minimum Gasteiger partial charge on any atom is -0.475 e. The van der Waals surface area contributed by atoms with Gasteiger partial charge in [-0.1, -0.05) is 12.1 Å². The summed E-state index contributed by atoms with van der Waals surface area (Å²) in [5.41, 5.74) is 1.26. The number of aromatic amines is 1. The van der Waals surface area contributed by atoms with E-state index in [0.29, 0.717) is 16.6 Å². The highest BCUT2D eigenvalue weighted by molar-refractivity contribution is 7.55. The first-order valence-electron chi connectivity index (χ1n) is 4.83. The van der Waals surface area contributed by atoms with E-state index >= 15 is 0 Å². The molecule has 0 unspecified atom stereocenters. The zero-order valence-corrected chi connectivity index (χ0v) is 9.83. The molecule has 1 aromatic carbocycles. The molecule has 0 aliphatic carbocycles. The van der Waals surface area contributed by atoms with Gasteiger partial charge >= 0.3 is 13.6 Å². The minimum absolute atomic E-state index is 0.220. The largest absolute Gasteiger partial charge is 0.475 e. The van der Waals surface area contributed by atoms with Crippen LogP contribution in [0.15, 0.2) is 24.0 Å². The van der Waals surface area contributed by atoms with Crippen molar-refractivity contribution in [1.29, 1.82) is 0 Å². The van der Waals surface area contributed by atoms with Gasteiger partial charge in [0, 0.05) is 11.4 Å². The number of benzene rings is 1. The summed E-state index contributed by atoms with van der Waals surface area (Å²) in [7, 11) is -4.26. The van der Waals surface area contributed by atoms with Gasteiger partial charge in [0.15, 0.2) is 0 Å². The summed E-state index contributed by atoms with van der Waals surface area (Å²) in [6.07, 6.45) is 1.22. The second-order valence-electron chi connectivity index (χ2n) is 3.54. The van der Waals surface area contributed by atoms with Crippen LogP contribution in [0.2, 0.25) is 0 Å². The highest BCUT2D eigenvalue weighted by Crippen LogP contribution is 2.37. The number of carboxylic acids is 1. The molecule has 2 aromatic rings. The molecular formula is C10H9N2O5P. The maximum Gasteiger partial charge on any atom is 0.371 e. The number of H-pyrrole nitrogens is 1. The molecule has 0 radical (unpaired) electrons. The summed E-state index contributed by atoms with van der Waals surface area (Å²) < 4.78 is 10.7. The number of carboxylic acid groups (broad SMARTS) is 1. The van der Waals surface area contributed by atoms with Crippen LogP contribution in [0.4, 0.5) is 0 Å². The fourth-order valence-electron chi connectivity index (χ4n) is 1.47. The van der Waals surface area contributed by atoms with Crippen LogP contribution in [0.1, 0.15) is 16.2 Å². The molecule has 0 bridgehead atoms. The number of imidazole rings is 1. The maximum atomic E-state index is 10.8. The second-order valence-corrected chi connectivity index (χ2v) is 5.02. The van der Waals surface area contributed by atoms with Gasteiger partial charge in [0.25, 0.3) is 0 Å². The van der Waals surface area contributed by atoms with Crippen molar-refractivity contribution in [2.45, 2.75) is 0 Å². The Morgan fingerprint density at radius 1 is 1.39 bits per heavy atom. The molecule has 0 amide bonds. The molecule has 0 fully saturated rings. The number of para-hydroxylation sites is 1. The summed E-state index contributed by atoms with van der Waals surface area (Å²) in [5.74, 6) is -0.671. The van der Waals surface area contributed by atoms with Crippen LogP contribution in [0.5, 0.6) is 0 Å². The molecule has 18 heavy (non-hydrogen) atoms. The Hall–Kier alpha value is -1.95. The first-order chi connectivity index (χ1) is 8.37. The van der Waals surface area contributed by atoms with Crippen LogP contribution in [-0.2, 0) is 4.57 Å². The van der Waals surface area contributed by atoms with E-state index in [4.69, 9.17) is 14.9 Å². The number of carbonyl (C=O) groups is 1. The number of nitrogens with zero attached hydrogens (tertiary/aromatic N) is 1. The van der Waals surface area contributed by atoms with Gasteiger partial charge in [0.1, 0.15) is 0 Å². The SMILES string of the molecule is O=C(O)c1nc2c(/C=C/P(=O)(O)O)cccc2[nH]1.